The molecule has 2 aromatic rings. The van der Waals surface area contributed by atoms with Gasteiger partial charge in [-0.3, -0.25) is 9.69 Å². The van der Waals surface area contributed by atoms with Crippen LogP contribution >= 0.6 is 22.9 Å². The standard InChI is InChI=1S/C28H36ClFN4O3S/c1-33(19-13-14-34(16-19)17-20-21(29)9-5-10-22(20)30)28(36)37-23-11-6-12-24-26(23)32-27(38-24)31-25(35)15-18-7-3-2-4-8-18/h5,9-10,18-19,23H,2-4,6-8,11-17H2,1H3,(H,31,32,35). The number of carbonyl (C=O) groups is 2. The van der Waals surface area contributed by atoms with Gasteiger partial charge in [0.1, 0.15) is 11.9 Å². The van der Waals surface area contributed by atoms with E-state index in [9.17, 15) is 14.0 Å². The molecule has 1 saturated heterocycles. The number of aromatic nitrogens is 1. The molecule has 10 heteroatoms. The number of likely N-dealkylation sites (tertiary alicyclic amines) is 1. The molecule has 1 aliphatic heterocycles. The first-order valence-electron chi connectivity index (χ1n) is 13.8. The quantitative estimate of drug-likeness (QED) is 0.413. The van der Waals surface area contributed by atoms with Crippen molar-refractivity contribution in [2.24, 2.45) is 5.92 Å². The summed E-state index contributed by atoms with van der Waals surface area (Å²) >= 11 is 7.70. The van der Waals surface area contributed by atoms with Gasteiger partial charge in [0.05, 0.1) is 5.69 Å². The van der Waals surface area contributed by atoms with Crippen LogP contribution in [0.3, 0.4) is 0 Å². The molecule has 1 aromatic heterocycles. The van der Waals surface area contributed by atoms with E-state index in [1.165, 1.54) is 36.7 Å². The number of nitrogens with one attached hydrogen (secondary N) is 1. The van der Waals surface area contributed by atoms with Crippen molar-refractivity contribution in [2.75, 3.05) is 25.5 Å². The Labute approximate surface area is 232 Å². The summed E-state index contributed by atoms with van der Waals surface area (Å²) in [5.41, 5.74) is 1.26. The van der Waals surface area contributed by atoms with Crippen molar-refractivity contribution in [3.05, 3.63) is 45.2 Å². The third kappa shape index (κ3) is 6.49. The molecule has 206 valence electrons. The molecular formula is C28H36ClFN4O3S. The van der Waals surface area contributed by atoms with E-state index in [4.69, 9.17) is 16.3 Å². The molecular weight excluding hydrogens is 527 g/mol. The van der Waals surface area contributed by atoms with Crippen LogP contribution < -0.4 is 5.32 Å². The number of aryl methyl sites for hydroxylation is 1. The maximum Gasteiger partial charge on any atom is 0.410 e. The molecule has 2 aliphatic carbocycles. The molecule has 1 aromatic carbocycles. The maximum absolute atomic E-state index is 14.2. The molecule has 1 N–H and O–H groups in total. The van der Waals surface area contributed by atoms with Crippen molar-refractivity contribution in [2.45, 2.75) is 82.9 Å². The number of fused-ring (bicyclic) bond motifs is 1. The van der Waals surface area contributed by atoms with Gasteiger partial charge in [0.25, 0.3) is 0 Å². The first kappa shape index (κ1) is 27.3. The average molecular weight is 563 g/mol. The highest BCUT2D eigenvalue weighted by Gasteiger charge is 2.33. The smallest absolute Gasteiger partial charge is 0.410 e. The number of likely N-dealkylation sites (N-methyl/N-ethyl adjacent to an activating group) is 1. The number of thiazole rings is 1. The fourth-order valence-corrected chi connectivity index (χ4v) is 7.20. The minimum Gasteiger partial charge on any atom is -0.440 e. The van der Waals surface area contributed by atoms with E-state index in [1.54, 1.807) is 24.1 Å². The molecule has 2 unspecified atom stereocenters. The van der Waals surface area contributed by atoms with Gasteiger partial charge in [0, 0.05) is 54.6 Å². The van der Waals surface area contributed by atoms with E-state index in [0.717, 1.165) is 49.2 Å². The number of hydrogen-bond acceptors (Lipinski definition) is 6. The number of ether oxygens (including phenoxy) is 1. The van der Waals surface area contributed by atoms with Crippen LogP contribution in [0, 0.1) is 11.7 Å². The van der Waals surface area contributed by atoms with Crippen LogP contribution in [0.4, 0.5) is 14.3 Å². The summed E-state index contributed by atoms with van der Waals surface area (Å²) in [5, 5.41) is 4.02. The molecule has 2 fully saturated rings. The lowest BCUT2D eigenvalue weighted by molar-refractivity contribution is -0.117. The SMILES string of the molecule is CN(C(=O)OC1CCCc2sc(NC(=O)CC3CCCCC3)nc21)C1CCN(Cc2c(F)cccc2Cl)C1. The van der Waals surface area contributed by atoms with Gasteiger partial charge in [0.15, 0.2) is 5.13 Å². The average Bonchev–Trinajstić information content (AvgIpc) is 3.53. The topological polar surface area (TPSA) is 74.8 Å². The van der Waals surface area contributed by atoms with Crippen LogP contribution in [0.25, 0.3) is 0 Å². The van der Waals surface area contributed by atoms with E-state index >= 15 is 0 Å². The largest absolute Gasteiger partial charge is 0.440 e. The second-order valence-corrected chi connectivity index (χ2v) is 12.3. The van der Waals surface area contributed by atoms with Crippen molar-refractivity contribution in [3.8, 4) is 0 Å². The minimum absolute atomic E-state index is 0.0266. The molecule has 38 heavy (non-hydrogen) atoms. The molecule has 1 saturated carbocycles. The number of benzene rings is 1. The molecule has 2 atom stereocenters. The second kappa shape index (κ2) is 12.3. The lowest BCUT2D eigenvalue weighted by Gasteiger charge is -2.28. The number of anilines is 1. The number of hydrogen-bond donors (Lipinski definition) is 1. The summed E-state index contributed by atoms with van der Waals surface area (Å²) in [6.07, 6.45) is 9.00. The van der Waals surface area contributed by atoms with Crippen LogP contribution in [0.15, 0.2) is 18.2 Å². The first-order valence-corrected chi connectivity index (χ1v) is 14.9. The summed E-state index contributed by atoms with van der Waals surface area (Å²) in [6, 6.07) is 4.69. The zero-order valence-electron chi connectivity index (χ0n) is 21.9. The second-order valence-electron chi connectivity index (χ2n) is 10.8. The van der Waals surface area contributed by atoms with Gasteiger partial charge >= 0.3 is 6.09 Å². The van der Waals surface area contributed by atoms with Gasteiger partial charge in [-0.25, -0.2) is 14.2 Å². The van der Waals surface area contributed by atoms with E-state index in [-0.39, 0.29) is 23.9 Å². The monoisotopic (exact) mass is 562 g/mol. The molecule has 2 amide bonds. The summed E-state index contributed by atoms with van der Waals surface area (Å²) in [7, 11) is 1.76. The third-order valence-corrected chi connectivity index (χ3v) is 9.52. The maximum atomic E-state index is 14.2. The van der Waals surface area contributed by atoms with Crippen LogP contribution in [0.2, 0.25) is 5.02 Å². The highest BCUT2D eigenvalue weighted by molar-refractivity contribution is 7.15. The van der Waals surface area contributed by atoms with Crippen LogP contribution in [-0.2, 0) is 22.5 Å². The molecule has 0 radical (unpaired) electrons. The third-order valence-electron chi connectivity index (χ3n) is 8.12. The fraction of sp³-hybridized carbons (Fsp3) is 0.607. The molecule has 0 bridgehead atoms. The summed E-state index contributed by atoms with van der Waals surface area (Å²) < 4.78 is 20.2. The van der Waals surface area contributed by atoms with E-state index < -0.39 is 6.10 Å². The normalized spacial score (nSPS) is 22.2. The van der Waals surface area contributed by atoms with Gasteiger partial charge in [-0.1, -0.05) is 36.9 Å². The number of carbonyl (C=O) groups excluding carboxylic acids is 2. The highest BCUT2D eigenvalue weighted by atomic mass is 35.5. The highest BCUT2D eigenvalue weighted by Crippen LogP contribution is 2.38. The van der Waals surface area contributed by atoms with Crippen LogP contribution in [0.5, 0.6) is 0 Å². The van der Waals surface area contributed by atoms with Crippen molar-refractivity contribution < 1.29 is 18.7 Å². The Morgan fingerprint density at radius 2 is 2.03 bits per heavy atom. The molecule has 5 rings (SSSR count). The van der Waals surface area contributed by atoms with Crippen molar-refractivity contribution >= 4 is 40.1 Å². The van der Waals surface area contributed by atoms with Crippen LogP contribution in [-0.4, -0.2) is 53.0 Å². The van der Waals surface area contributed by atoms with E-state index in [1.807, 2.05) is 0 Å². The van der Waals surface area contributed by atoms with Crippen LogP contribution in [0.1, 0.15) is 80.0 Å². The summed E-state index contributed by atoms with van der Waals surface area (Å²) in [6.45, 7) is 1.78. The van der Waals surface area contributed by atoms with Gasteiger partial charge < -0.3 is 15.0 Å². The number of rotatable bonds is 7. The first-order chi connectivity index (χ1) is 18.4. The number of amides is 2. The lowest BCUT2D eigenvalue weighted by atomic mass is 9.87. The Balaban J connectivity index is 1.15. The van der Waals surface area contributed by atoms with E-state index in [2.05, 4.69) is 15.2 Å². The van der Waals surface area contributed by atoms with Gasteiger partial charge in [-0.05, 0) is 56.6 Å². The lowest BCUT2D eigenvalue weighted by Crippen LogP contribution is -2.40. The van der Waals surface area contributed by atoms with Crippen molar-refractivity contribution in [3.63, 3.8) is 0 Å². The Morgan fingerprint density at radius 3 is 2.82 bits per heavy atom. The van der Waals surface area contributed by atoms with Gasteiger partial charge in [-0.2, -0.15) is 0 Å². The van der Waals surface area contributed by atoms with Crippen molar-refractivity contribution in [1.29, 1.82) is 0 Å². The summed E-state index contributed by atoms with van der Waals surface area (Å²) in [4.78, 5) is 35.2. The predicted molar refractivity (Wildman–Crippen MR) is 147 cm³/mol. The Hall–Kier alpha value is -2.23. The molecule has 0 spiro atoms. The van der Waals surface area contributed by atoms with Crippen molar-refractivity contribution in [1.82, 2.24) is 14.8 Å². The molecule has 3 aliphatic rings. The van der Waals surface area contributed by atoms with E-state index in [0.29, 0.717) is 47.6 Å². The minimum atomic E-state index is -0.413. The Bertz CT molecular complexity index is 1130. The number of halogens is 2. The Morgan fingerprint density at radius 1 is 1.21 bits per heavy atom. The Kier molecular flexibility index (Phi) is 8.85. The van der Waals surface area contributed by atoms with Gasteiger partial charge in [0.2, 0.25) is 5.91 Å². The zero-order chi connectivity index (χ0) is 26.6. The fourth-order valence-electron chi connectivity index (χ4n) is 5.90. The molecule has 2 heterocycles. The number of nitrogens with zero attached hydrogens (tertiary/aromatic N) is 3. The molecule has 7 nitrogen and oxygen atoms in total. The zero-order valence-corrected chi connectivity index (χ0v) is 23.5. The predicted octanol–water partition coefficient (Wildman–Crippen LogP) is 6.56. The van der Waals surface area contributed by atoms with Gasteiger partial charge in [-0.15, -0.1) is 11.3 Å². The summed E-state index contributed by atoms with van der Waals surface area (Å²) in [5.74, 6) is 0.186.